The Bertz CT molecular complexity index is 619. The van der Waals surface area contributed by atoms with Crippen LogP contribution in [0.4, 0.5) is 5.69 Å². The summed E-state index contributed by atoms with van der Waals surface area (Å²) in [5.74, 6) is -4.66. The fraction of sp³-hybridized carbons (Fsp3) is 0. The summed E-state index contributed by atoms with van der Waals surface area (Å²) in [6, 6.07) is 1.19. The first kappa shape index (κ1) is 15.1. The van der Waals surface area contributed by atoms with Crippen LogP contribution in [0, 0.1) is 10.1 Å². The smallest absolute Gasteiger partial charge is 0.374 e. The van der Waals surface area contributed by atoms with E-state index in [4.69, 9.17) is 15.9 Å². The second kappa shape index (κ2) is 6.29. The van der Waals surface area contributed by atoms with E-state index in [1.165, 1.54) is 11.4 Å². The molecule has 10 nitrogen and oxygen atoms in total. The average molecular weight is 301 g/mol. The fourth-order valence-electron chi connectivity index (χ4n) is 1.02. The molecule has 0 bridgehead atoms. The first-order valence-electron chi connectivity index (χ1n) is 4.73. The van der Waals surface area contributed by atoms with Crippen LogP contribution in [-0.4, -0.2) is 32.9 Å². The van der Waals surface area contributed by atoms with Gasteiger partial charge in [0.1, 0.15) is 0 Å². The van der Waals surface area contributed by atoms with E-state index in [0.29, 0.717) is 0 Å². The zero-order valence-corrected chi connectivity index (χ0v) is 10.4. The van der Waals surface area contributed by atoms with Gasteiger partial charge in [-0.3, -0.25) is 10.1 Å². The van der Waals surface area contributed by atoms with E-state index in [9.17, 15) is 19.7 Å². The quantitative estimate of drug-likeness (QED) is 0.169. The molecule has 0 saturated carbocycles. The molecule has 1 rings (SSSR count). The summed E-state index contributed by atoms with van der Waals surface area (Å²) >= 11 is 0.899. The summed E-state index contributed by atoms with van der Waals surface area (Å²) in [4.78, 5) is 35.3. The van der Waals surface area contributed by atoms with Gasteiger partial charge in [-0.05, 0) is 5.38 Å². The number of oxime groups is 1. The maximum Gasteiger partial charge on any atom is 0.374 e. The molecule has 0 saturated heterocycles. The predicted molar refractivity (Wildman–Crippen MR) is 66.1 cm³/mol. The van der Waals surface area contributed by atoms with Crippen molar-refractivity contribution in [2.75, 3.05) is 0 Å². The number of nitro groups is 1. The fourth-order valence-corrected chi connectivity index (χ4v) is 1.77. The van der Waals surface area contributed by atoms with Crippen molar-refractivity contribution in [3.05, 3.63) is 38.3 Å². The summed E-state index contributed by atoms with van der Waals surface area (Å²) < 4.78 is 0. The number of amidine groups is 1. The lowest BCUT2D eigenvalue weighted by Crippen LogP contribution is -2.15. The van der Waals surface area contributed by atoms with Gasteiger partial charge in [0.15, 0.2) is 10.7 Å². The Kier molecular flexibility index (Phi) is 4.75. The van der Waals surface area contributed by atoms with Crippen LogP contribution in [0.15, 0.2) is 28.4 Å². The van der Waals surface area contributed by atoms with E-state index in [2.05, 4.69) is 9.99 Å². The van der Waals surface area contributed by atoms with Crippen LogP contribution in [0.25, 0.3) is 0 Å². The standard InChI is InChI=1S/C9H7N3O7S/c10-8(7-4(12(17)18)1-2-20-7)11-19-5(9(15)16)3-6(13)14/h1-3H,(H2,10,11)(H,13,14)(H,15,16)/b5-3-. The van der Waals surface area contributed by atoms with Crippen LogP contribution in [0.3, 0.4) is 0 Å². The van der Waals surface area contributed by atoms with Crippen molar-refractivity contribution in [1.29, 1.82) is 0 Å². The lowest BCUT2D eigenvalue weighted by Gasteiger charge is -2.00. The van der Waals surface area contributed by atoms with Crippen molar-refractivity contribution in [1.82, 2.24) is 0 Å². The van der Waals surface area contributed by atoms with Gasteiger partial charge in [0.05, 0.1) is 11.0 Å². The van der Waals surface area contributed by atoms with Crippen molar-refractivity contribution in [3.8, 4) is 0 Å². The lowest BCUT2D eigenvalue weighted by atomic mass is 10.4. The highest BCUT2D eigenvalue weighted by atomic mass is 32.1. The Morgan fingerprint density at radius 3 is 2.65 bits per heavy atom. The molecule has 106 valence electrons. The molecule has 1 heterocycles. The number of rotatable bonds is 6. The van der Waals surface area contributed by atoms with E-state index in [-0.39, 0.29) is 16.6 Å². The zero-order chi connectivity index (χ0) is 15.3. The number of carboxylic acid groups (broad SMARTS) is 2. The average Bonchev–Trinajstić information content (AvgIpc) is 2.82. The molecule has 11 heteroatoms. The third kappa shape index (κ3) is 3.78. The van der Waals surface area contributed by atoms with Gasteiger partial charge in [0, 0.05) is 6.07 Å². The highest BCUT2D eigenvalue weighted by Gasteiger charge is 2.19. The molecule has 4 N–H and O–H groups in total. The van der Waals surface area contributed by atoms with Crippen LogP contribution < -0.4 is 5.73 Å². The molecule has 1 aromatic rings. The summed E-state index contributed by atoms with van der Waals surface area (Å²) in [5.41, 5.74) is 5.10. The van der Waals surface area contributed by atoms with Crippen molar-refractivity contribution >= 4 is 34.8 Å². The largest absolute Gasteiger partial charge is 0.478 e. The monoisotopic (exact) mass is 301 g/mol. The number of nitrogens with zero attached hydrogens (tertiary/aromatic N) is 2. The highest BCUT2D eigenvalue weighted by Crippen LogP contribution is 2.24. The molecule has 0 aliphatic carbocycles. The number of hydrogen-bond donors (Lipinski definition) is 3. The Morgan fingerprint density at radius 1 is 1.50 bits per heavy atom. The van der Waals surface area contributed by atoms with Gasteiger partial charge in [-0.15, -0.1) is 11.3 Å². The summed E-state index contributed by atoms with van der Waals surface area (Å²) in [5, 5.41) is 32.3. The molecule has 0 aliphatic rings. The molecule has 0 aliphatic heterocycles. The molecule has 0 atom stereocenters. The summed E-state index contributed by atoms with van der Waals surface area (Å²) in [6.45, 7) is 0. The van der Waals surface area contributed by atoms with Gasteiger partial charge >= 0.3 is 11.9 Å². The minimum atomic E-state index is -1.68. The Balaban J connectivity index is 2.99. The molecule has 1 aromatic heterocycles. The van der Waals surface area contributed by atoms with Gasteiger partial charge in [-0.1, -0.05) is 5.16 Å². The topological polar surface area (TPSA) is 165 Å². The number of aliphatic carboxylic acids is 2. The first-order chi connectivity index (χ1) is 9.32. The van der Waals surface area contributed by atoms with E-state index >= 15 is 0 Å². The molecule has 20 heavy (non-hydrogen) atoms. The maximum absolute atomic E-state index is 10.7. The molecule has 0 amide bonds. The van der Waals surface area contributed by atoms with Crippen molar-refractivity contribution < 1.29 is 29.6 Å². The summed E-state index contributed by atoms with van der Waals surface area (Å²) in [6.07, 6.45) is 0.266. The second-order valence-corrected chi connectivity index (χ2v) is 4.03. The van der Waals surface area contributed by atoms with Crippen LogP contribution in [-0.2, 0) is 14.4 Å². The third-order valence-electron chi connectivity index (χ3n) is 1.78. The highest BCUT2D eigenvalue weighted by molar-refractivity contribution is 7.12. The zero-order valence-electron chi connectivity index (χ0n) is 9.55. The normalized spacial score (nSPS) is 12.0. The number of thiophene rings is 1. The Morgan fingerprint density at radius 2 is 2.15 bits per heavy atom. The Hall–Kier alpha value is -2.95. The predicted octanol–water partition coefficient (Wildman–Crippen LogP) is 0.346. The van der Waals surface area contributed by atoms with Gasteiger partial charge in [0.25, 0.3) is 5.69 Å². The first-order valence-corrected chi connectivity index (χ1v) is 5.61. The lowest BCUT2D eigenvalue weighted by molar-refractivity contribution is -0.384. The van der Waals surface area contributed by atoms with Crippen LogP contribution >= 0.6 is 11.3 Å². The van der Waals surface area contributed by atoms with Gasteiger partial charge < -0.3 is 20.8 Å². The molecule has 0 aromatic carbocycles. The van der Waals surface area contributed by atoms with Crippen LogP contribution in [0.2, 0.25) is 0 Å². The number of nitrogens with two attached hydrogens (primary N) is 1. The van der Waals surface area contributed by atoms with Gasteiger partial charge in [0.2, 0.25) is 5.76 Å². The van der Waals surface area contributed by atoms with Crippen LogP contribution in [0.1, 0.15) is 4.88 Å². The molecule has 0 radical (unpaired) electrons. The maximum atomic E-state index is 10.7. The molecular weight excluding hydrogens is 294 g/mol. The molecule has 0 unspecified atom stereocenters. The van der Waals surface area contributed by atoms with E-state index in [0.717, 1.165) is 11.3 Å². The van der Waals surface area contributed by atoms with E-state index in [1.807, 2.05) is 0 Å². The van der Waals surface area contributed by atoms with Crippen molar-refractivity contribution in [2.24, 2.45) is 10.9 Å². The molecule has 0 spiro atoms. The number of carboxylic acids is 2. The SMILES string of the molecule is N/C(=N\O/C(=C\C(=O)O)C(=O)O)c1sccc1[N+](=O)[O-]. The minimum absolute atomic E-state index is 0.0323. The minimum Gasteiger partial charge on any atom is -0.478 e. The number of carbonyl (C=O) groups is 2. The molecule has 0 fully saturated rings. The second-order valence-electron chi connectivity index (χ2n) is 3.11. The van der Waals surface area contributed by atoms with Gasteiger partial charge in [-0.25, -0.2) is 9.59 Å². The third-order valence-corrected chi connectivity index (χ3v) is 2.71. The van der Waals surface area contributed by atoms with Crippen LogP contribution in [0.5, 0.6) is 0 Å². The number of hydrogen-bond acceptors (Lipinski definition) is 7. The van der Waals surface area contributed by atoms with E-state index < -0.39 is 28.5 Å². The van der Waals surface area contributed by atoms with Crippen molar-refractivity contribution in [2.45, 2.75) is 0 Å². The van der Waals surface area contributed by atoms with Crippen molar-refractivity contribution in [3.63, 3.8) is 0 Å². The van der Waals surface area contributed by atoms with E-state index in [1.54, 1.807) is 0 Å². The summed E-state index contributed by atoms with van der Waals surface area (Å²) in [7, 11) is 0. The molecular formula is C9H7N3O7S. The van der Waals surface area contributed by atoms with Gasteiger partial charge in [-0.2, -0.15) is 0 Å². The Labute approximate surface area is 114 Å².